The number of rotatable bonds is 4. The molecule has 0 aromatic heterocycles. The molecule has 118 valence electrons. The molecule has 0 spiro atoms. The Morgan fingerprint density at radius 2 is 2.24 bits per heavy atom. The molecule has 1 heterocycles. The number of hydrogen-bond acceptors (Lipinski definition) is 3. The number of aliphatic hydroxyl groups is 1. The van der Waals surface area contributed by atoms with Crippen LogP contribution in [-0.4, -0.2) is 37.2 Å². The molecule has 1 aromatic rings. The summed E-state index contributed by atoms with van der Waals surface area (Å²) in [5.41, 5.74) is 0.166. The molecule has 1 aromatic carbocycles. The predicted octanol–water partition coefficient (Wildman–Crippen LogP) is 2.57. The minimum Gasteiger partial charge on any atom is -0.388 e. The van der Waals surface area contributed by atoms with Crippen LogP contribution in [0.3, 0.4) is 0 Å². The summed E-state index contributed by atoms with van der Waals surface area (Å²) < 4.78 is 38.4. The van der Waals surface area contributed by atoms with E-state index >= 15 is 0 Å². The van der Waals surface area contributed by atoms with Crippen molar-refractivity contribution in [1.29, 1.82) is 0 Å². The second-order valence-corrected chi connectivity index (χ2v) is 7.91. The number of nitrogens with zero attached hydrogens (tertiary/aromatic N) is 1. The fourth-order valence-corrected chi connectivity index (χ4v) is 3.87. The van der Waals surface area contributed by atoms with Gasteiger partial charge >= 0.3 is 0 Å². The fraction of sp³-hybridized carbons (Fsp3) is 0.571. The monoisotopic (exact) mass is 335 g/mol. The highest BCUT2D eigenvalue weighted by Gasteiger charge is 2.28. The summed E-state index contributed by atoms with van der Waals surface area (Å²) in [6.07, 6.45) is 2.10. The minimum atomic E-state index is -3.22. The van der Waals surface area contributed by atoms with Gasteiger partial charge in [0.1, 0.15) is 5.82 Å². The molecule has 7 heteroatoms. The first-order valence-corrected chi connectivity index (χ1v) is 9.08. The van der Waals surface area contributed by atoms with Crippen LogP contribution in [0.4, 0.5) is 4.39 Å². The smallest absolute Gasteiger partial charge is 0.211 e. The fourth-order valence-electron chi connectivity index (χ4n) is 2.74. The average molecular weight is 336 g/mol. The van der Waals surface area contributed by atoms with Gasteiger partial charge in [-0.25, -0.2) is 17.1 Å². The zero-order chi connectivity index (χ0) is 15.6. The first-order valence-electron chi connectivity index (χ1n) is 6.86. The van der Waals surface area contributed by atoms with Crippen molar-refractivity contribution in [1.82, 2.24) is 4.31 Å². The lowest BCUT2D eigenvalue weighted by Crippen LogP contribution is -2.39. The van der Waals surface area contributed by atoms with Crippen LogP contribution in [0.25, 0.3) is 0 Å². The zero-order valence-corrected chi connectivity index (χ0v) is 13.4. The van der Waals surface area contributed by atoms with Crippen LogP contribution in [-0.2, 0) is 10.0 Å². The SMILES string of the molecule is CS(=O)(=O)N1CCCC(CC(O)c2cccc(Cl)c2F)C1. The Morgan fingerprint density at radius 3 is 2.90 bits per heavy atom. The molecule has 0 amide bonds. The van der Waals surface area contributed by atoms with Crippen molar-refractivity contribution in [3.05, 3.63) is 34.6 Å². The molecule has 4 nitrogen and oxygen atoms in total. The van der Waals surface area contributed by atoms with Gasteiger partial charge in [-0.05, 0) is 31.2 Å². The Bertz CT molecular complexity index is 608. The molecular weight excluding hydrogens is 317 g/mol. The average Bonchev–Trinajstić information content (AvgIpc) is 2.41. The second kappa shape index (κ2) is 6.60. The van der Waals surface area contributed by atoms with E-state index in [9.17, 15) is 17.9 Å². The topological polar surface area (TPSA) is 57.6 Å². The highest BCUT2D eigenvalue weighted by molar-refractivity contribution is 7.88. The first kappa shape index (κ1) is 16.7. The van der Waals surface area contributed by atoms with Crippen LogP contribution >= 0.6 is 11.6 Å². The molecule has 0 saturated carbocycles. The molecule has 2 rings (SSSR count). The molecule has 1 fully saturated rings. The van der Waals surface area contributed by atoms with Gasteiger partial charge in [-0.2, -0.15) is 0 Å². The van der Waals surface area contributed by atoms with E-state index in [-0.39, 0.29) is 16.5 Å². The maximum absolute atomic E-state index is 13.9. The highest BCUT2D eigenvalue weighted by Crippen LogP contribution is 2.31. The van der Waals surface area contributed by atoms with E-state index < -0.39 is 21.9 Å². The third-order valence-corrected chi connectivity index (χ3v) is 5.41. The standard InChI is InChI=1S/C14H19ClFNO3S/c1-21(19,20)17-7-3-4-10(9-17)8-13(18)11-5-2-6-12(15)14(11)16/h2,5-6,10,13,18H,3-4,7-9H2,1H3. The second-order valence-electron chi connectivity index (χ2n) is 5.52. The normalized spacial score (nSPS) is 22.2. The van der Waals surface area contributed by atoms with Crippen molar-refractivity contribution in [2.24, 2.45) is 5.92 Å². The van der Waals surface area contributed by atoms with Crippen LogP contribution in [0.15, 0.2) is 18.2 Å². The van der Waals surface area contributed by atoms with Gasteiger partial charge in [0.05, 0.1) is 17.4 Å². The summed E-state index contributed by atoms with van der Waals surface area (Å²) in [6, 6.07) is 4.52. The number of halogens is 2. The third kappa shape index (κ3) is 4.16. The molecule has 0 aliphatic carbocycles. The zero-order valence-electron chi connectivity index (χ0n) is 11.8. The van der Waals surface area contributed by atoms with E-state index in [1.807, 2.05) is 0 Å². The Hall–Kier alpha value is -0.690. The maximum Gasteiger partial charge on any atom is 0.211 e. The molecular formula is C14H19ClFNO3S. The number of piperidine rings is 1. The van der Waals surface area contributed by atoms with E-state index in [2.05, 4.69) is 0 Å². The number of hydrogen-bond donors (Lipinski definition) is 1. The van der Waals surface area contributed by atoms with Gasteiger partial charge in [0.2, 0.25) is 10.0 Å². The Balaban J connectivity index is 2.06. The molecule has 21 heavy (non-hydrogen) atoms. The van der Waals surface area contributed by atoms with Gasteiger partial charge in [-0.15, -0.1) is 0 Å². The van der Waals surface area contributed by atoms with E-state index in [0.29, 0.717) is 19.5 Å². The Morgan fingerprint density at radius 1 is 1.52 bits per heavy atom. The number of benzene rings is 1. The molecule has 1 saturated heterocycles. The van der Waals surface area contributed by atoms with E-state index in [1.54, 1.807) is 6.07 Å². The van der Waals surface area contributed by atoms with Crippen molar-refractivity contribution in [2.45, 2.75) is 25.4 Å². The summed E-state index contributed by atoms with van der Waals surface area (Å²) in [5.74, 6) is -0.593. The van der Waals surface area contributed by atoms with Crippen LogP contribution in [0.5, 0.6) is 0 Å². The van der Waals surface area contributed by atoms with Crippen LogP contribution in [0, 0.1) is 11.7 Å². The molecule has 0 bridgehead atoms. The maximum atomic E-state index is 13.9. The van der Waals surface area contributed by atoms with Gasteiger partial charge in [0.25, 0.3) is 0 Å². The summed E-state index contributed by atoms with van der Waals surface area (Å²) in [7, 11) is -3.22. The van der Waals surface area contributed by atoms with Crippen LogP contribution in [0.2, 0.25) is 5.02 Å². The summed E-state index contributed by atoms with van der Waals surface area (Å²) in [4.78, 5) is 0. The predicted molar refractivity (Wildman–Crippen MR) is 80.1 cm³/mol. The van der Waals surface area contributed by atoms with Gasteiger partial charge in [0, 0.05) is 18.7 Å². The largest absolute Gasteiger partial charge is 0.388 e. The third-order valence-electron chi connectivity index (χ3n) is 3.85. The Kier molecular flexibility index (Phi) is 5.24. The van der Waals surface area contributed by atoms with Crippen LogP contribution in [0.1, 0.15) is 30.9 Å². The summed E-state index contributed by atoms with van der Waals surface area (Å²) in [5, 5.41) is 10.2. The highest BCUT2D eigenvalue weighted by atomic mass is 35.5. The van der Waals surface area contributed by atoms with E-state index in [4.69, 9.17) is 11.6 Å². The van der Waals surface area contributed by atoms with Crippen molar-refractivity contribution < 1.29 is 17.9 Å². The summed E-state index contributed by atoms with van der Waals surface area (Å²) >= 11 is 5.71. The first-order chi connectivity index (χ1) is 9.79. The number of sulfonamides is 1. The molecule has 2 atom stereocenters. The molecule has 1 N–H and O–H groups in total. The van der Waals surface area contributed by atoms with Gasteiger partial charge in [-0.1, -0.05) is 23.7 Å². The van der Waals surface area contributed by atoms with E-state index in [0.717, 1.165) is 12.8 Å². The molecule has 1 aliphatic rings. The van der Waals surface area contributed by atoms with Gasteiger partial charge < -0.3 is 5.11 Å². The van der Waals surface area contributed by atoms with Crippen molar-refractivity contribution in [3.8, 4) is 0 Å². The van der Waals surface area contributed by atoms with Crippen molar-refractivity contribution in [3.63, 3.8) is 0 Å². The van der Waals surface area contributed by atoms with E-state index in [1.165, 1.54) is 22.7 Å². The lowest BCUT2D eigenvalue weighted by Gasteiger charge is -2.32. The molecule has 2 unspecified atom stereocenters. The molecule has 0 radical (unpaired) electrons. The quantitative estimate of drug-likeness (QED) is 0.920. The number of aliphatic hydroxyl groups excluding tert-OH is 1. The van der Waals surface area contributed by atoms with Crippen LogP contribution < -0.4 is 0 Å². The van der Waals surface area contributed by atoms with Crippen molar-refractivity contribution >= 4 is 21.6 Å². The molecule has 1 aliphatic heterocycles. The minimum absolute atomic E-state index is 0.0156. The van der Waals surface area contributed by atoms with Gasteiger partial charge in [0.15, 0.2) is 0 Å². The summed E-state index contributed by atoms with van der Waals surface area (Å²) in [6.45, 7) is 0.884. The Labute approximate surface area is 129 Å². The van der Waals surface area contributed by atoms with Crippen molar-refractivity contribution in [2.75, 3.05) is 19.3 Å². The lowest BCUT2D eigenvalue weighted by molar-refractivity contribution is 0.119. The van der Waals surface area contributed by atoms with Gasteiger partial charge in [-0.3, -0.25) is 0 Å². The lowest BCUT2D eigenvalue weighted by atomic mass is 9.91.